The SMILES string of the molecule is CCC(C=CCO)C=NC(=O)OCc1ccccc1. The first-order valence-electron chi connectivity index (χ1n) is 6.28. The van der Waals surface area contributed by atoms with Gasteiger partial charge in [0.2, 0.25) is 0 Å². The van der Waals surface area contributed by atoms with Crippen LogP contribution in [0.3, 0.4) is 0 Å². The summed E-state index contributed by atoms with van der Waals surface area (Å²) in [5, 5.41) is 8.68. The minimum atomic E-state index is -0.597. The first-order valence-corrected chi connectivity index (χ1v) is 6.28. The van der Waals surface area contributed by atoms with E-state index < -0.39 is 6.09 Å². The molecule has 0 aliphatic carbocycles. The highest BCUT2D eigenvalue weighted by atomic mass is 16.5. The van der Waals surface area contributed by atoms with Gasteiger partial charge in [0.15, 0.2) is 0 Å². The second-order valence-corrected chi connectivity index (χ2v) is 4.00. The second-order valence-electron chi connectivity index (χ2n) is 4.00. The minimum Gasteiger partial charge on any atom is -0.443 e. The molecular formula is C15H19NO3. The zero-order chi connectivity index (χ0) is 13.9. The van der Waals surface area contributed by atoms with Crippen LogP contribution in [-0.2, 0) is 11.3 Å². The number of carbonyl (C=O) groups is 1. The molecule has 4 nitrogen and oxygen atoms in total. The molecule has 1 rings (SSSR count). The maximum absolute atomic E-state index is 11.4. The number of amides is 1. The molecule has 0 bridgehead atoms. The van der Waals surface area contributed by atoms with Crippen LogP contribution in [0.2, 0.25) is 0 Å². The van der Waals surface area contributed by atoms with Gasteiger partial charge in [-0.05, 0) is 12.0 Å². The van der Waals surface area contributed by atoms with Crippen LogP contribution in [0.1, 0.15) is 18.9 Å². The second kappa shape index (κ2) is 9.05. The number of nitrogens with zero attached hydrogens (tertiary/aromatic N) is 1. The molecule has 0 aliphatic rings. The van der Waals surface area contributed by atoms with Gasteiger partial charge in [-0.15, -0.1) is 0 Å². The zero-order valence-corrected chi connectivity index (χ0v) is 11.0. The molecular weight excluding hydrogens is 242 g/mol. The molecule has 102 valence electrons. The predicted octanol–water partition coefficient (Wildman–Crippen LogP) is 2.97. The van der Waals surface area contributed by atoms with Crippen molar-refractivity contribution < 1.29 is 14.6 Å². The average Bonchev–Trinajstić information content (AvgIpc) is 2.46. The van der Waals surface area contributed by atoms with Crippen molar-refractivity contribution in [3.63, 3.8) is 0 Å². The Morgan fingerprint density at radius 3 is 2.79 bits per heavy atom. The molecule has 1 N–H and O–H groups in total. The summed E-state index contributed by atoms with van der Waals surface area (Å²) in [7, 11) is 0. The Labute approximate surface area is 113 Å². The van der Waals surface area contributed by atoms with Gasteiger partial charge in [0.05, 0.1) is 6.61 Å². The van der Waals surface area contributed by atoms with Crippen LogP contribution in [0, 0.1) is 5.92 Å². The van der Waals surface area contributed by atoms with Gasteiger partial charge in [-0.25, -0.2) is 4.79 Å². The summed E-state index contributed by atoms with van der Waals surface area (Å²) < 4.78 is 5.02. The largest absolute Gasteiger partial charge is 0.443 e. The van der Waals surface area contributed by atoms with Gasteiger partial charge in [0.1, 0.15) is 6.61 Å². The molecule has 0 aromatic heterocycles. The Morgan fingerprint density at radius 2 is 2.16 bits per heavy atom. The van der Waals surface area contributed by atoms with Gasteiger partial charge >= 0.3 is 6.09 Å². The predicted molar refractivity (Wildman–Crippen MR) is 75.1 cm³/mol. The summed E-state index contributed by atoms with van der Waals surface area (Å²) in [5.41, 5.74) is 0.929. The summed E-state index contributed by atoms with van der Waals surface area (Å²) >= 11 is 0. The van der Waals surface area contributed by atoms with Gasteiger partial charge in [0.25, 0.3) is 0 Å². The van der Waals surface area contributed by atoms with E-state index in [9.17, 15) is 4.79 Å². The molecule has 1 aromatic carbocycles. The van der Waals surface area contributed by atoms with Crippen LogP contribution in [0.25, 0.3) is 0 Å². The molecule has 0 fully saturated rings. The third-order valence-electron chi connectivity index (χ3n) is 2.54. The Kier molecular flexibility index (Phi) is 7.20. The number of carbonyl (C=O) groups excluding carboxylic acids is 1. The molecule has 1 amide bonds. The lowest BCUT2D eigenvalue weighted by molar-refractivity contribution is 0.151. The summed E-state index contributed by atoms with van der Waals surface area (Å²) in [6.07, 6.45) is 5.20. The number of hydrogen-bond donors (Lipinski definition) is 1. The third-order valence-corrected chi connectivity index (χ3v) is 2.54. The number of benzene rings is 1. The van der Waals surface area contributed by atoms with E-state index in [1.807, 2.05) is 43.3 Å². The van der Waals surface area contributed by atoms with E-state index in [0.29, 0.717) is 0 Å². The number of rotatable bonds is 6. The van der Waals surface area contributed by atoms with Crippen LogP contribution in [0.15, 0.2) is 47.5 Å². The highest BCUT2D eigenvalue weighted by Gasteiger charge is 2.02. The van der Waals surface area contributed by atoms with Gasteiger partial charge in [-0.3, -0.25) is 0 Å². The van der Waals surface area contributed by atoms with Gasteiger partial charge in [-0.1, -0.05) is 49.4 Å². The average molecular weight is 261 g/mol. The number of allylic oxidation sites excluding steroid dienone is 1. The fraction of sp³-hybridized carbons (Fsp3) is 0.333. The summed E-state index contributed by atoms with van der Waals surface area (Å²) in [5.74, 6) is 0.0384. The molecule has 0 aliphatic heterocycles. The number of aliphatic hydroxyl groups is 1. The molecule has 19 heavy (non-hydrogen) atoms. The number of aliphatic imine (C=N–C) groups is 1. The van der Waals surface area contributed by atoms with Crippen LogP contribution < -0.4 is 0 Å². The van der Waals surface area contributed by atoms with Crippen LogP contribution >= 0.6 is 0 Å². The molecule has 0 heterocycles. The number of aliphatic hydroxyl groups excluding tert-OH is 1. The molecule has 4 heteroatoms. The highest BCUT2D eigenvalue weighted by molar-refractivity contribution is 5.80. The summed E-state index contributed by atoms with van der Waals surface area (Å²) in [4.78, 5) is 15.2. The van der Waals surface area contributed by atoms with Crippen LogP contribution in [-0.4, -0.2) is 24.0 Å². The van der Waals surface area contributed by atoms with Gasteiger partial charge < -0.3 is 9.84 Å². The van der Waals surface area contributed by atoms with Crippen molar-refractivity contribution >= 4 is 12.3 Å². The van der Waals surface area contributed by atoms with E-state index in [-0.39, 0.29) is 19.1 Å². The quantitative estimate of drug-likeness (QED) is 0.632. The summed E-state index contributed by atoms with van der Waals surface area (Å²) in [6.45, 7) is 2.19. The van der Waals surface area contributed by atoms with Crippen molar-refractivity contribution in [2.75, 3.05) is 6.61 Å². The monoisotopic (exact) mass is 261 g/mol. The maximum atomic E-state index is 11.4. The zero-order valence-electron chi connectivity index (χ0n) is 11.0. The topological polar surface area (TPSA) is 58.9 Å². The molecule has 1 atom stereocenters. The smallest absolute Gasteiger partial charge is 0.433 e. The maximum Gasteiger partial charge on any atom is 0.433 e. The van der Waals surface area contributed by atoms with E-state index in [0.717, 1.165) is 12.0 Å². The minimum absolute atomic E-state index is 0.0111. The van der Waals surface area contributed by atoms with Gasteiger partial charge in [0, 0.05) is 12.1 Å². The lowest BCUT2D eigenvalue weighted by atomic mass is 10.1. The highest BCUT2D eigenvalue weighted by Crippen LogP contribution is 2.03. The Hall–Kier alpha value is -1.94. The van der Waals surface area contributed by atoms with Crippen LogP contribution in [0.5, 0.6) is 0 Å². The lowest BCUT2D eigenvalue weighted by Gasteiger charge is -2.03. The standard InChI is InChI=1S/C15H19NO3/c1-2-13(9-6-10-17)11-16-15(18)19-12-14-7-4-3-5-8-14/h3-9,11,13,17H,2,10,12H2,1H3. The Balaban J connectivity index is 2.39. The van der Waals surface area contributed by atoms with E-state index in [1.165, 1.54) is 0 Å². The first kappa shape index (κ1) is 15.1. The third kappa shape index (κ3) is 6.52. The van der Waals surface area contributed by atoms with Crippen molar-refractivity contribution in [2.24, 2.45) is 10.9 Å². The molecule has 1 unspecified atom stereocenters. The van der Waals surface area contributed by atoms with Crippen molar-refractivity contribution in [1.29, 1.82) is 0 Å². The Bertz CT molecular complexity index is 426. The van der Waals surface area contributed by atoms with Crippen molar-refractivity contribution in [3.05, 3.63) is 48.0 Å². The number of ether oxygens (including phenoxy) is 1. The van der Waals surface area contributed by atoms with Crippen molar-refractivity contribution in [1.82, 2.24) is 0 Å². The lowest BCUT2D eigenvalue weighted by Crippen LogP contribution is -2.03. The number of hydrogen-bond acceptors (Lipinski definition) is 3. The fourth-order valence-electron chi connectivity index (χ4n) is 1.44. The normalized spacial score (nSPS) is 12.9. The molecule has 1 aromatic rings. The van der Waals surface area contributed by atoms with Crippen molar-refractivity contribution in [2.45, 2.75) is 20.0 Å². The summed E-state index contributed by atoms with van der Waals surface area (Å²) in [6, 6.07) is 9.45. The molecule has 0 radical (unpaired) electrons. The van der Waals surface area contributed by atoms with Crippen LogP contribution in [0.4, 0.5) is 4.79 Å². The van der Waals surface area contributed by atoms with Crippen molar-refractivity contribution in [3.8, 4) is 0 Å². The Morgan fingerprint density at radius 1 is 1.42 bits per heavy atom. The fourth-order valence-corrected chi connectivity index (χ4v) is 1.44. The van der Waals surface area contributed by atoms with Gasteiger partial charge in [-0.2, -0.15) is 4.99 Å². The first-order chi connectivity index (χ1) is 9.26. The molecule has 0 saturated heterocycles. The van der Waals surface area contributed by atoms with E-state index in [1.54, 1.807) is 12.3 Å². The van der Waals surface area contributed by atoms with E-state index in [4.69, 9.17) is 9.84 Å². The molecule has 0 spiro atoms. The van der Waals surface area contributed by atoms with E-state index in [2.05, 4.69) is 4.99 Å². The molecule has 0 saturated carbocycles. The van der Waals surface area contributed by atoms with E-state index >= 15 is 0 Å².